The van der Waals surface area contributed by atoms with Gasteiger partial charge in [-0.1, -0.05) is 24.5 Å². The summed E-state index contributed by atoms with van der Waals surface area (Å²) in [5, 5.41) is 3.93. The number of rotatable bonds is 3. The van der Waals surface area contributed by atoms with Gasteiger partial charge in [0.1, 0.15) is 17.6 Å². The molecule has 2 N–H and O–H groups in total. The van der Waals surface area contributed by atoms with Crippen molar-refractivity contribution in [2.24, 2.45) is 0 Å². The maximum absolute atomic E-state index is 12.7. The van der Waals surface area contributed by atoms with Crippen molar-refractivity contribution < 1.29 is 4.79 Å². The number of hydrogen-bond acceptors (Lipinski definition) is 3. The topological polar surface area (TPSA) is 79.8 Å². The number of fused-ring (bicyclic) bond motifs is 3. The van der Waals surface area contributed by atoms with E-state index in [1.165, 1.54) is 10.9 Å². The molecule has 1 saturated carbocycles. The minimum Gasteiger partial charge on any atom is -0.352 e. The Morgan fingerprint density at radius 1 is 1.38 bits per heavy atom. The lowest BCUT2D eigenvalue weighted by molar-refractivity contribution is -0.122. The van der Waals surface area contributed by atoms with E-state index in [1.807, 2.05) is 25.1 Å². The van der Waals surface area contributed by atoms with E-state index in [-0.39, 0.29) is 24.1 Å². The summed E-state index contributed by atoms with van der Waals surface area (Å²) in [6, 6.07) is 6.20. The second-order valence-corrected chi connectivity index (χ2v) is 6.62. The number of nitrogens with one attached hydrogen (secondary N) is 2. The number of amides is 1. The Kier molecular flexibility index (Phi) is 3.59. The molecular weight excluding hydrogens is 304 g/mol. The van der Waals surface area contributed by atoms with E-state index in [0.29, 0.717) is 11.0 Å². The van der Waals surface area contributed by atoms with Crippen LogP contribution in [0.15, 0.2) is 29.3 Å². The Labute approximate surface area is 138 Å². The van der Waals surface area contributed by atoms with Crippen LogP contribution in [0.25, 0.3) is 21.9 Å². The molecule has 0 bridgehead atoms. The highest BCUT2D eigenvalue weighted by Crippen LogP contribution is 2.22. The summed E-state index contributed by atoms with van der Waals surface area (Å²) in [6.07, 6.45) is 5.84. The van der Waals surface area contributed by atoms with Crippen LogP contribution in [0.2, 0.25) is 0 Å². The second kappa shape index (κ2) is 5.78. The molecule has 0 atom stereocenters. The van der Waals surface area contributed by atoms with Gasteiger partial charge in [0.05, 0.1) is 6.33 Å². The van der Waals surface area contributed by atoms with Crippen LogP contribution in [0.1, 0.15) is 31.2 Å². The molecule has 0 saturated heterocycles. The molecule has 3 aromatic rings. The molecular formula is C18H20N4O2. The first kappa shape index (κ1) is 14.9. The number of carbonyl (C=O) groups excluding carboxylic acids is 1. The van der Waals surface area contributed by atoms with E-state index in [9.17, 15) is 9.59 Å². The number of aryl methyl sites for hydroxylation is 1. The van der Waals surface area contributed by atoms with Crippen molar-refractivity contribution in [3.8, 4) is 0 Å². The number of hydrogen-bond donors (Lipinski definition) is 2. The minimum absolute atomic E-state index is 0.00661. The molecule has 4 rings (SSSR count). The van der Waals surface area contributed by atoms with Gasteiger partial charge in [-0.3, -0.25) is 14.2 Å². The van der Waals surface area contributed by atoms with Crippen molar-refractivity contribution in [2.45, 2.75) is 45.2 Å². The average Bonchev–Trinajstić information content (AvgIpc) is 3.18. The summed E-state index contributed by atoms with van der Waals surface area (Å²) in [5.41, 5.74) is 2.90. The van der Waals surface area contributed by atoms with Crippen LogP contribution in [0.4, 0.5) is 0 Å². The molecule has 0 aliphatic heterocycles. The highest BCUT2D eigenvalue weighted by Gasteiger charge is 2.18. The first-order chi connectivity index (χ1) is 11.6. The number of H-pyrrole nitrogens is 1. The standard InChI is InChI=1S/C18H20N4O2/c1-11-6-7-14-13(8-11)16-17(21-14)18(24)22(10-19-16)9-15(23)20-12-4-2-3-5-12/h6-8,10,12,21H,2-5,9H2,1H3,(H,20,23). The lowest BCUT2D eigenvalue weighted by atomic mass is 10.2. The first-order valence-electron chi connectivity index (χ1n) is 8.38. The lowest BCUT2D eigenvalue weighted by Gasteiger charge is -2.12. The monoisotopic (exact) mass is 324 g/mol. The van der Waals surface area contributed by atoms with E-state index >= 15 is 0 Å². The number of aromatic nitrogens is 3. The van der Waals surface area contributed by atoms with Crippen molar-refractivity contribution in [1.82, 2.24) is 19.9 Å². The summed E-state index contributed by atoms with van der Waals surface area (Å²) in [5.74, 6) is -0.128. The van der Waals surface area contributed by atoms with Crippen LogP contribution in [-0.2, 0) is 11.3 Å². The van der Waals surface area contributed by atoms with Gasteiger partial charge in [-0.15, -0.1) is 0 Å². The van der Waals surface area contributed by atoms with Crippen LogP contribution in [0.5, 0.6) is 0 Å². The van der Waals surface area contributed by atoms with E-state index < -0.39 is 0 Å². The Hall–Kier alpha value is -2.63. The van der Waals surface area contributed by atoms with Crippen LogP contribution < -0.4 is 10.9 Å². The predicted octanol–water partition coefficient (Wildman–Crippen LogP) is 2.25. The molecule has 6 nitrogen and oxygen atoms in total. The summed E-state index contributed by atoms with van der Waals surface area (Å²) in [7, 11) is 0. The summed E-state index contributed by atoms with van der Waals surface area (Å²) < 4.78 is 1.37. The predicted molar refractivity (Wildman–Crippen MR) is 93.0 cm³/mol. The van der Waals surface area contributed by atoms with Gasteiger partial charge in [-0.25, -0.2) is 4.98 Å². The molecule has 1 aliphatic carbocycles. The molecule has 0 unspecified atom stereocenters. The molecule has 0 spiro atoms. The molecule has 6 heteroatoms. The summed E-state index contributed by atoms with van der Waals surface area (Å²) in [6.45, 7) is 2.01. The Morgan fingerprint density at radius 3 is 2.96 bits per heavy atom. The van der Waals surface area contributed by atoms with Crippen LogP contribution in [0, 0.1) is 6.92 Å². The maximum atomic E-state index is 12.7. The van der Waals surface area contributed by atoms with Gasteiger partial charge in [-0.05, 0) is 31.9 Å². The van der Waals surface area contributed by atoms with Gasteiger partial charge in [0, 0.05) is 16.9 Å². The van der Waals surface area contributed by atoms with Crippen molar-refractivity contribution >= 4 is 27.8 Å². The van der Waals surface area contributed by atoms with Crippen molar-refractivity contribution in [2.75, 3.05) is 0 Å². The minimum atomic E-state index is -0.213. The molecule has 0 radical (unpaired) electrons. The highest BCUT2D eigenvalue weighted by molar-refractivity contribution is 6.04. The van der Waals surface area contributed by atoms with E-state index in [2.05, 4.69) is 15.3 Å². The molecule has 1 fully saturated rings. The third-order valence-corrected chi connectivity index (χ3v) is 4.76. The van der Waals surface area contributed by atoms with Crippen molar-refractivity contribution in [3.05, 3.63) is 40.4 Å². The molecule has 24 heavy (non-hydrogen) atoms. The zero-order chi connectivity index (χ0) is 16.7. The largest absolute Gasteiger partial charge is 0.352 e. The third kappa shape index (κ3) is 2.58. The van der Waals surface area contributed by atoms with Crippen molar-refractivity contribution in [1.29, 1.82) is 0 Å². The average molecular weight is 324 g/mol. The fourth-order valence-corrected chi connectivity index (χ4v) is 3.51. The normalized spacial score (nSPS) is 15.4. The molecule has 1 aliphatic rings. The highest BCUT2D eigenvalue weighted by atomic mass is 16.2. The smallest absolute Gasteiger partial charge is 0.278 e. The van der Waals surface area contributed by atoms with Crippen LogP contribution >= 0.6 is 0 Å². The first-order valence-corrected chi connectivity index (χ1v) is 8.38. The Morgan fingerprint density at radius 2 is 2.17 bits per heavy atom. The quantitative estimate of drug-likeness (QED) is 0.775. The van der Waals surface area contributed by atoms with Gasteiger partial charge in [0.2, 0.25) is 5.91 Å². The van der Waals surface area contributed by atoms with Gasteiger partial charge in [0.15, 0.2) is 0 Å². The van der Waals surface area contributed by atoms with Crippen LogP contribution in [-0.4, -0.2) is 26.5 Å². The van der Waals surface area contributed by atoms with Crippen LogP contribution in [0.3, 0.4) is 0 Å². The number of aromatic amines is 1. The number of benzene rings is 1. The van der Waals surface area contributed by atoms with Gasteiger partial charge in [-0.2, -0.15) is 0 Å². The van der Waals surface area contributed by atoms with E-state index in [1.54, 1.807) is 0 Å². The second-order valence-electron chi connectivity index (χ2n) is 6.62. The molecule has 2 heterocycles. The fraction of sp³-hybridized carbons (Fsp3) is 0.389. The fourth-order valence-electron chi connectivity index (χ4n) is 3.51. The van der Waals surface area contributed by atoms with Gasteiger partial charge in [0.25, 0.3) is 5.56 Å². The maximum Gasteiger partial charge on any atom is 0.278 e. The molecule has 1 aromatic carbocycles. The summed E-state index contributed by atoms with van der Waals surface area (Å²) in [4.78, 5) is 32.4. The zero-order valence-corrected chi connectivity index (χ0v) is 13.6. The summed E-state index contributed by atoms with van der Waals surface area (Å²) >= 11 is 0. The molecule has 124 valence electrons. The third-order valence-electron chi connectivity index (χ3n) is 4.76. The van der Waals surface area contributed by atoms with E-state index in [4.69, 9.17) is 0 Å². The lowest BCUT2D eigenvalue weighted by Crippen LogP contribution is -2.37. The van der Waals surface area contributed by atoms with E-state index in [0.717, 1.165) is 42.1 Å². The SMILES string of the molecule is Cc1ccc2[nH]c3c(=O)n(CC(=O)NC4CCCC4)cnc3c2c1. The Bertz CT molecular complexity index is 980. The van der Waals surface area contributed by atoms with Gasteiger partial charge < -0.3 is 10.3 Å². The molecule has 1 amide bonds. The van der Waals surface area contributed by atoms with Crippen molar-refractivity contribution in [3.63, 3.8) is 0 Å². The molecule has 2 aromatic heterocycles. The van der Waals surface area contributed by atoms with Gasteiger partial charge >= 0.3 is 0 Å². The Balaban J connectivity index is 1.66. The number of nitrogens with zero attached hydrogens (tertiary/aromatic N) is 2. The zero-order valence-electron chi connectivity index (χ0n) is 13.6. The number of carbonyl (C=O) groups is 1.